The predicted molar refractivity (Wildman–Crippen MR) is 251 cm³/mol. The Bertz CT molecular complexity index is 3270. The summed E-state index contributed by atoms with van der Waals surface area (Å²) < 4.78 is 2.53. The summed E-state index contributed by atoms with van der Waals surface area (Å²) in [5.74, 6) is 0.725. The van der Waals surface area contributed by atoms with Gasteiger partial charge in [0.1, 0.15) is 0 Å². The molecule has 12 rings (SSSR count). The molecule has 0 N–H and O–H groups in total. The molecular formula is C56H38N2S2. The molecule has 1 aliphatic heterocycles. The minimum absolute atomic E-state index is 0.141. The molecule has 3 heterocycles. The maximum Gasteiger partial charge on any atom is 0.160 e. The van der Waals surface area contributed by atoms with Crippen molar-refractivity contribution in [3.05, 3.63) is 228 Å². The number of aromatic nitrogens is 2. The molecule has 0 fully saturated rings. The smallest absolute Gasteiger partial charge is 0.160 e. The molecule has 1 spiro atoms. The number of benzene rings is 8. The van der Waals surface area contributed by atoms with Crippen molar-refractivity contribution < 1.29 is 0 Å². The van der Waals surface area contributed by atoms with Crippen molar-refractivity contribution in [3.63, 3.8) is 0 Å². The van der Waals surface area contributed by atoms with Crippen LogP contribution in [0.3, 0.4) is 0 Å². The first-order valence-corrected chi connectivity index (χ1v) is 22.2. The number of nitrogens with zero attached hydrogens (tertiary/aromatic N) is 2. The highest BCUT2D eigenvalue weighted by molar-refractivity contribution is 7.99. The third-order valence-electron chi connectivity index (χ3n) is 12.9. The molecule has 0 bridgehead atoms. The second-order valence-corrected chi connectivity index (χ2v) is 18.6. The van der Waals surface area contributed by atoms with E-state index in [0.29, 0.717) is 0 Å². The quantitative estimate of drug-likeness (QED) is 0.177. The van der Waals surface area contributed by atoms with Gasteiger partial charge in [0, 0.05) is 52.1 Å². The first-order chi connectivity index (χ1) is 29.5. The molecule has 2 aromatic heterocycles. The van der Waals surface area contributed by atoms with Crippen LogP contribution in [0.25, 0.3) is 65.2 Å². The van der Waals surface area contributed by atoms with Gasteiger partial charge < -0.3 is 0 Å². The van der Waals surface area contributed by atoms with E-state index in [9.17, 15) is 0 Å². The third kappa shape index (κ3) is 5.21. The van der Waals surface area contributed by atoms with Crippen LogP contribution in [0.15, 0.2) is 204 Å². The number of rotatable bonds is 4. The van der Waals surface area contributed by atoms with Crippen LogP contribution < -0.4 is 0 Å². The van der Waals surface area contributed by atoms with Crippen molar-refractivity contribution in [1.29, 1.82) is 0 Å². The van der Waals surface area contributed by atoms with E-state index in [-0.39, 0.29) is 5.41 Å². The fourth-order valence-corrected chi connectivity index (χ4v) is 12.5. The van der Waals surface area contributed by atoms with Crippen LogP contribution in [0.4, 0.5) is 0 Å². The van der Waals surface area contributed by atoms with E-state index in [4.69, 9.17) is 9.97 Å². The van der Waals surface area contributed by atoms with E-state index >= 15 is 0 Å². The molecule has 0 atom stereocenters. The Balaban J connectivity index is 1.00. The van der Waals surface area contributed by atoms with Gasteiger partial charge in [0.2, 0.25) is 0 Å². The van der Waals surface area contributed by atoms with Gasteiger partial charge in [0.05, 0.1) is 16.8 Å². The summed E-state index contributed by atoms with van der Waals surface area (Å²) in [6.07, 6.45) is 0. The highest BCUT2D eigenvalue weighted by Crippen LogP contribution is 2.62. The number of thiophene rings is 1. The summed E-state index contributed by atoms with van der Waals surface area (Å²) in [5, 5.41) is 2.56. The zero-order chi connectivity index (χ0) is 40.0. The zero-order valence-electron chi connectivity index (χ0n) is 33.2. The molecule has 2 aliphatic rings. The molecule has 8 aromatic carbocycles. The Morgan fingerprint density at radius 3 is 1.68 bits per heavy atom. The average Bonchev–Trinajstić information content (AvgIpc) is 3.69. The molecule has 0 saturated carbocycles. The first kappa shape index (κ1) is 35.4. The third-order valence-corrected chi connectivity index (χ3v) is 15.2. The molecule has 2 nitrogen and oxygen atoms in total. The molecule has 284 valence electrons. The molecular weight excluding hydrogens is 765 g/mol. The molecule has 0 amide bonds. The highest BCUT2D eigenvalue weighted by atomic mass is 32.2. The van der Waals surface area contributed by atoms with Crippen molar-refractivity contribution in [2.45, 2.75) is 34.5 Å². The van der Waals surface area contributed by atoms with Gasteiger partial charge in [-0.15, -0.1) is 11.3 Å². The number of hydrogen-bond acceptors (Lipinski definition) is 4. The summed E-state index contributed by atoms with van der Waals surface area (Å²) in [6.45, 7) is 4.76. The molecule has 60 heavy (non-hydrogen) atoms. The Hall–Kier alpha value is -6.59. The summed E-state index contributed by atoms with van der Waals surface area (Å²) >= 11 is 3.72. The fourth-order valence-electron chi connectivity index (χ4n) is 10.0. The largest absolute Gasteiger partial charge is 0.228 e. The van der Waals surface area contributed by atoms with Crippen LogP contribution in [-0.4, -0.2) is 9.97 Å². The second-order valence-electron chi connectivity index (χ2n) is 16.5. The van der Waals surface area contributed by atoms with Crippen LogP contribution in [0.1, 0.15) is 47.2 Å². The maximum atomic E-state index is 5.26. The topological polar surface area (TPSA) is 25.8 Å². The number of fused-ring (bicyclic) bond motifs is 11. The summed E-state index contributed by atoms with van der Waals surface area (Å²) in [6, 6.07) is 71.2. The first-order valence-electron chi connectivity index (χ1n) is 20.6. The lowest BCUT2D eigenvalue weighted by molar-refractivity contribution is 0.549. The molecule has 1 aliphatic carbocycles. The Morgan fingerprint density at radius 1 is 0.400 bits per heavy atom. The van der Waals surface area contributed by atoms with Gasteiger partial charge in [-0.3, -0.25) is 0 Å². The van der Waals surface area contributed by atoms with Gasteiger partial charge in [-0.05, 0) is 68.8 Å². The van der Waals surface area contributed by atoms with Crippen LogP contribution in [-0.2, 0) is 10.8 Å². The number of hydrogen-bond donors (Lipinski definition) is 0. The molecule has 0 radical (unpaired) electrons. The lowest BCUT2D eigenvalue weighted by Gasteiger charge is -2.50. The summed E-state index contributed by atoms with van der Waals surface area (Å²) in [5.41, 5.74) is 15.0. The lowest BCUT2D eigenvalue weighted by Crippen LogP contribution is -2.43. The van der Waals surface area contributed by atoms with Crippen molar-refractivity contribution in [3.8, 4) is 45.0 Å². The van der Waals surface area contributed by atoms with Gasteiger partial charge in [-0.2, -0.15) is 0 Å². The van der Waals surface area contributed by atoms with Crippen LogP contribution in [0.5, 0.6) is 0 Å². The maximum absolute atomic E-state index is 5.26. The van der Waals surface area contributed by atoms with E-state index in [1.807, 2.05) is 29.2 Å². The van der Waals surface area contributed by atoms with Gasteiger partial charge >= 0.3 is 0 Å². The fraction of sp³-hybridized carbons (Fsp3) is 0.0714. The summed E-state index contributed by atoms with van der Waals surface area (Å²) in [7, 11) is 0. The minimum atomic E-state index is -0.458. The van der Waals surface area contributed by atoms with E-state index in [2.05, 4.69) is 202 Å². The molecule has 10 aromatic rings. The zero-order valence-corrected chi connectivity index (χ0v) is 34.8. The van der Waals surface area contributed by atoms with Crippen LogP contribution in [0, 0.1) is 0 Å². The second kappa shape index (κ2) is 13.5. The Morgan fingerprint density at radius 2 is 0.950 bits per heavy atom. The minimum Gasteiger partial charge on any atom is -0.228 e. The van der Waals surface area contributed by atoms with Gasteiger partial charge in [0.15, 0.2) is 5.82 Å². The predicted octanol–water partition coefficient (Wildman–Crippen LogP) is 15.0. The Labute approximate surface area is 358 Å². The van der Waals surface area contributed by atoms with E-state index in [1.165, 1.54) is 74.5 Å². The average molecular weight is 803 g/mol. The molecule has 0 unspecified atom stereocenters. The van der Waals surface area contributed by atoms with Crippen LogP contribution >= 0.6 is 23.1 Å². The summed E-state index contributed by atoms with van der Waals surface area (Å²) in [4.78, 5) is 13.0. The highest BCUT2D eigenvalue weighted by Gasteiger charge is 2.52. The van der Waals surface area contributed by atoms with Crippen molar-refractivity contribution in [2.75, 3.05) is 0 Å². The van der Waals surface area contributed by atoms with Crippen molar-refractivity contribution >= 4 is 43.3 Å². The van der Waals surface area contributed by atoms with Gasteiger partial charge in [-0.1, -0.05) is 195 Å². The van der Waals surface area contributed by atoms with Gasteiger partial charge in [0.25, 0.3) is 0 Å². The monoisotopic (exact) mass is 802 g/mol. The lowest BCUT2D eigenvalue weighted by atomic mass is 9.54. The Kier molecular flexibility index (Phi) is 7.94. The SMILES string of the molecule is CC1(C)c2ccccc2C2(c3ccccc3Sc3c(-c4ccc(-c5cc(-c6ccccc6)nc(-c6ccc7c(c6)sc6ccccc67)n5)cc4)cccc32)c2ccccc21. The van der Waals surface area contributed by atoms with Crippen molar-refractivity contribution in [2.24, 2.45) is 0 Å². The van der Waals surface area contributed by atoms with E-state index in [0.717, 1.165) is 33.9 Å². The normalized spacial score (nSPS) is 14.4. The van der Waals surface area contributed by atoms with Gasteiger partial charge in [-0.25, -0.2) is 9.97 Å². The van der Waals surface area contributed by atoms with E-state index in [1.54, 1.807) is 0 Å². The van der Waals surface area contributed by atoms with Crippen LogP contribution in [0.2, 0.25) is 0 Å². The molecule has 0 saturated heterocycles. The molecule has 4 heteroatoms. The standard InChI is InChI=1S/C56H38N2S2/c1-55(2)42-19-7-9-21-44(42)56(45-22-10-8-20-43(45)55)46-23-11-13-26-51(46)60-53-39(18-14-24-47(53)56)35-27-29-37(30-28-35)49-34-48(36-15-4-3-5-16-36)57-54(58-49)38-31-32-41-40-17-6-12-25-50(40)59-52(41)33-38/h3-34H,1-2H3. The van der Waals surface area contributed by atoms with Crippen molar-refractivity contribution in [1.82, 2.24) is 9.97 Å². The van der Waals surface area contributed by atoms with E-state index < -0.39 is 5.41 Å².